The lowest BCUT2D eigenvalue weighted by molar-refractivity contribution is -0.137. The van der Waals surface area contributed by atoms with Gasteiger partial charge in [-0.2, -0.15) is 0 Å². The van der Waals surface area contributed by atoms with E-state index in [1.54, 1.807) is 19.1 Å². The third-order valence-corrected chi connectivity index (χ3v) is 5.86. The molecule has 1 aromatic carbocycles. The molecule has 3 heterocycles. The van der Waals surface area contributed by atoms with Crippen molar-refractivity contribution >= 4 is 32.3 Å². The van der Waals surface area contributed by atoms with Crippen LogP contribution >= 0.6 is 0 Å². The summed E-state index contributed by atoms with van der Waals surface area (Å²) in [5.74, 6) is -1.53. The lowest BCUT2D eigenvalue weighted by atomic mass is 9.98. The molecule has 26 heavy (non-hydrogen) atoms. The van der Waals surface area contributed by atoms with Gasteiger partial charge in [0.15, 0.2) is 5.03 Å². The fraction of sp³-hybridized carbons (Fsp3) is 0.111. The molecule has 0 bridgehead atoms. The van der Waals surface area contributed by atoms with Crippen molar-refractivity contribution < 1.29 is 22.7 Å². The van der Waals surface area contributed by atoms with E-state index < -0.39 is 21.6 Å². The molecular formula is C18H13FN2O4S. The van der Waals surface area contributed by atoms with Crippen molar-refractivity contribution in [3.8, 4) is 0 Å². The number of nitrogens with zero attached hydrogens (tertiary/aromatic N) is 2. The van der Waals surface area contributed by atoms with Gasteiger partial charge in [-0.05, 0) is 37.3 Å². The van der Waals surface area contributed by atoms with E-state index in [0.29, 0.717) is 33.3 Å². The first-order chi connectivity index (χ1) is 12.3. The number of carbonyl (C=O) groups is 1. The Kier molecular flexibility index (Phi) is 3.48. The van der Waals surface area contributed by atoms with E-state index in [4.69, 9.17) is 0 Å². The maximum atomic E-state index is 13.9. The second-order valence-corrected chi connectivity index (χ2v) is 7.75. The molecule has 0 saturated heterocycles. The van der Waals surface area contributed by atoms with E-state index in [1.165, 1.54) is 29.0 Å². The van der Waals surface area contributed by atoms with Crippen LogP contribution in [0.2, 0.25) is 0 Å². The van der Waals surface area contributed by atoms with E-state index in [2.05, 4.69) is 4.98 Å². The number of aromatic nitrogens is 2. The van der Waals surface area contributed by atoms with Gasteiger partial charge in [-0.25, -0.2) is 17.8 Å². The van der Waals surface area contributed by atoms with Gasteiger partial charge in [0, 0.05) is 44.9 Å². The molecule has 4 rings (SSSR count). The summed E-state index contributed by atoms with van der Waals surface area (Å²) in [7, 11) is -3.70. The van der Waals surface area contributed by atoms with Gasteiger partial charge in [0.1, 0.15) is 12.4 Å². The second-order valence-electron chi connectivity index (χ2n) is 6.03. The molecular weight excluding hydrogens is 359 g/mol. The Morgan fingerprint density at radius 2 is 2.08 bits per heavy atom. The highest BCUT2D eigenvalue weighted by Gasteiger charge is 2.32. The molecule has 0 unspecified atom stereocenters. The van der Waals surface area contributed by atoms with Crippen molar-refractivity contribution in [3.63, 3.8) is 0 Å². The van der Waals surface area contributed by atoms with Crippen LogP contribution in [-0.2, 0) is 21.2 Å². The highest BCUT2D eigenvalue weighted by molar-refractivity contribution is 7.94. The van der Waals surface area contributed by atoms with Crippen LogP contribution in [0.5, 0.6) is 0 Å². The molecule has 2 aromatic heterocycles. The van der Waals surface area contributed by atoms with Gasteiger partial charge in [0.2, 0.25) is 9.84 Å². The molecule has 0 amide bonds. The molecule has 1 N–H and O–H groups in total. The predicted molar refractivity (Wildman–Crippen MR) is 92.8 cm³/mol. The van der Waals surface area contributed by atoms with Crippen LogP contribution < -0.4 is 0 Å². The highest BCUT2D eigenvalue weighted by atomic mass is 32.2. The minimum atomic E-state index is -3.70. The average molecular weight is 372 g/mol. The standard InChI is InChI=1S/C18H13FN2O4S/c1-10-17(14-9-26(24,25)18-12(14)3-2-6-20-18)13-7-11(19)4-5-15(13)21(10)8-16(22)23/h2-7,9H,8H2,1H3,(H,22,23). The largest absolute Gasteiger partial charge is 0.480 e. The van der Waals surface area contributed by atoms with E-state index in [9.17, 15) is 22.7 Å². The molecule has 1 aliphatic heterocycles. The van der Waals surface area contributed by atoms with Crippen LogP contribution in [0, 0.1) is 12.7 Å². The van der Waals surface area contributed by atoms with Crippen molar-refractivity contribution in [3.05, 3.63) is 64.6 Å². The quantitative estimate of drug-likeness (QED) is 0.764. The number of hydrogen-bond acceptors (Lipinski definition) is 4. The number of carboxylic acid groups (broad SMARTS) is 1. The second kappa shape index (κ2) is 5.50. The molecule has 0 saturated carbocycles. The Bertz CT molecular complexity index is 1230. The molecule has 0 spiro atoms. The number of sulfone groups is 1. The summed E-state index contributed by atoms with van der Waals surface area (Å²) in [5.41, 5.74) is 2.39. The van der Waals surface area contributed by atoms with Crippen molar-refractivity contribution in [2.24, 2.45) is 0 Å². The Morgan fingerprint density at radius 1 is 1.31 bits per heavy atom. The number of carboxylic acids is 1. The zero-order valence-electron chi connectivity index (χ0n) is 13.6. The minimum Gasteiger partial charge on any atom is -0.480 e. The maximum Gasteiger partial charge on any atom is 0.323 e. The van der Waals surface area contributed by atoms with Gasteiger partial charge >= 0.3 is 5.97 Å². The van der Waals surface area contributed by atoms with Gasteiger partial charge in [-0.15, -0.1) is 0 Å². The molecule has 0 aliphatic carbocycles. The summed E-state index contributed by atoms with van der Waals surface area (Å²) in [4.78, 5) is 15.2. The van der Waals surface area contributed by atoms with E-state index >= 15 is 0 Å². The monoisotopic (exact) mass is 372 g/mol. The lowest BCUT2D eigenvalue weighted by Gasteiger charge is -2.07. The summed E-state index contributed by atoms with van der Waals surface area (Å²) in [5, 5.41) is 10.7. The van der Waals surface area contributed by atoms with Crippen LogP contribution in [0.15, 0.2) is 47.0 Å². The number of aliphatic carboxylic acids is 1. The fourth-order valence-corrected chi connectivity index (χ4v) is 4.78. The van der Waals surface area contributed by atoms with Crippen molar-refractivity contribution in [2.75, 3.05) is 0 Å². The van der Waals surface area contributed by atoms with Crippen molar-refractivity contribution in [2.45, 2.75) is 18.5 Å². The number of hydrogen-bond donors (Lipinski definition) is 1. The first-order valence-corrected chi connectivity index (χ1v) is 9.27. The van der Waals surface area contributed by atoms with Crippen molar-refractivity contribution in [1.29, 1.82) is 0 Å². The molecule has 0 radical (unpaired) electrons. The number of halogens is 1. The van der Waals surface area contributed by atoms with E-state index in [-0.39, 0.29) is 11.6 Å². The number of benzene rings is 1. The highest BCUT2D eigenvalue weighted by Crippen LogP contribution is 2.41. The van der Waals surface area contributed by atoms with Crippen LogP contribution in [0.3, 0.4) is 0 Å². The third kappa shape index (κ3) is 2.33. The maximum absolute atomic E-state index is 13.9. The molecule has 1 aliphatic rings. The molecule has 8 heteroatoms. The summed E-state index contributed by atoms with van der Waals surface area (Å²) in [6.45, 7) is 1.38. The average Bonchev–Trinajstić information content (AvgIpc) is 2.99. The van der Waals surface area contributed by atoms with Crippen LogP contribution in [-0.4, -0.2) is 29.0 Å². The molecule has 6 nitrogen and oxygen atoms in total. The van der Waals surface area contributed by atoms with Gasteiger partial charge in [0.05, 0.1) is 0 Å². The Morgan fingerprint density at radius 3 is 2.81 bits per heavy atom. The van der Waals surface area contributed by atoms with Gasteiger partial charge in [-0.3, -0.25) is 4.79 Å². The first-order valence-electron chi connectivity index (χ1n) is 7.72. The van der Waals surface area contributed by atoms with Crippen LogP contribution in [0.4, 0.5) is 4.39 Å². The number of rotatable bonds is 3. The Labute approximate surface area is 148 Å². The van der Waals surface area contributed by atoms with Gasteiger partial charge in [-0.1, -0.05) is 0 Å². The predicted octanol–water partition coefficient (Wildman–Crippen LogP) is 2.74. The summed E-state index contributed by atoms with van der Waals surface area (Å²) < 4.78 is 40.3. The van der Waals surface area contributed by atoms with Crippen LogP contribution in [0.1, 0.15) is 16.8 Å². The number of fused-ring (bicyclic) bond motifs is 2. The van der Waals surface area contributed by atoms with Gasteiger partial charge in [0.25, 0.3) is 0 Å². The minimum absolute atomic E-state index is 0.0510. The van der Waals surface area contributed by atoms with E-state index in [1.807, 2.05) is 0 Å². The van der Waals surface area contributed by atoms with Gasteiger partial charge < -0.3 is 9.67 Å². The molecule has 0 fully saturated rings. The normalized spacial score (nSPS) is 15.1. The third-order valence-electron chi connectivity index (χ3n) is 4.45. The number of pyridine rings is 1. The lowest BCUT2D eigenvalue weighted by Crippen LogP contribution is -2.10. The Balaban J connectivity index is 2.09. The van der Waals surface area contributed by atoms with Crippen molar-refractivity contribution in [1.82, 2.24) is 9.55 Å². The smallest absolute Gasteiger partial charge is 0.323 e. The van der Waals surface area contributed by atoms with E-state index in [0.717, 1.165) is 5.41 Å². The first kappa shape index (κ1) is 16.5. The van der Waals surface area contributed by atoms with Crippen LogP contribution in [0.25, 0.3) is 16.5 Å². The zero-order valence-corrected chi connectivity index (χ0v) is 14.4. The summed E-state index contributed by atoms with van der Waals surface area (Å²) >= 11 is 0. The topological polar surface area (TPSA) is 89.3 Å². The molecule has 0 atom stereocenters. The Hall–Kier alpha value is -3.00. The summed E-state index contributed by atoms with van der Waals surface area (Å²) in [6.07, 6.45) is 1.40. The zero-order chi connectivity index (χ0) is 18.6. The molecule has 132 valence electrons. The fourth-order valence-electron chi connectivity index (χ4n) is 3.42. The molecule has 3 aromatic rings. The SMILES string of the molecule is Cc1c(C2=CS(=O)(=O)c3ncccc32)c2cc(F)ccc2n1CC(=O)O. The summed E-state index contributed by atoms with van der Waals surface area (Å²) in [6, 6.07) is 7.30.